The number of anilines is 2. The summed E-state index contributed by atoms with van der Waals surface area (Å²) < 4.78 is 13.3. The van der Waals surface area contributed by atoms with E-state index in [-0.39, 0.29) is 5.15 Å². The van der Waals surface area contributed by atoms with Crippen LogP contribution in [-0.4, -0.2) is 9.97 Å². The molecule has 0 saturated carbocycles. The fourth-order valence-corrected chi connectivity index (χ4v) is 2.28. The lowest BCUT2D eigenvalue weighted by Gasteiger charge is -2.09. The predicted molar refractivity (Wildman–Crippen MR) is 87.2 cm³/mol. The van der Waals surface area contributed by atoms with Crippen molar-refractivity contribution in [2.45, 2.75) is 0 Å². The Kier molecular flexibility index (Phi) is 4.22. The molecule has 1 N–H and O–H groups in total. The minimum absolute atomic E-state index is 0.281. The second-order valence-corrected chi connectivity index (χ2v) is 5.31. The largest absolute Gasteiger partial charge is 0.339 e. The number of nitrogens with zero attached hydrogens (tertiary/aromatic N) is 2. The van der Waals surface area contributed by atoms with Crippen molar-refractivity contribution in [1.29, 1.82) is 0 Å². The summed E-state index contributed by atoms with van der Waals surface area (Å²) in [5.74, 6) is 0.518. The van der Waals surface area contributed by atoms with E-state index >= 15 is 0 Å². The van der Waals surface area contributed by atoms with Crippen LogP contribution in [0.15, 0.2) is 54.6 Å². The number of nitrogens with one attached hydrogen (secondary N) is 1. The standard InChI is InChI=1S/C16H10Cl2FN3/c17-12-7-6-11(19)8-13(12)20-15-9-14(18)21-16(22-15)10-4-2-1-3-5-10/h1-9H,(H,20,21,22). The van der Waals surface area contributed by atoms with Crippen molar-refractivity contribution in [2.24, 2.45) is 0 Å². The van der Waals surface area contributed by atoms with E-state index in [4.69, 9.17) is 23.2 Å². The summed E-state index contributed by atoms with van der Waals surface area (Å²) in [6, 6.07) is 15.0. The Morgan fingerprint density at radius 1 is 0.909 bits per heavy atom. The molecule has 6 heteroatoms. The van der Waals surface area contributed by atoms with Crippen molar-refractivity contribution in [3.63, 3.8) is 0 Å². The summed E-state index contributed by atoms with van der Waals surface area (Å²) >= 11 is 12.1. The van der Waals surface area contributed by atoms with E-state index < -0.39 is 5.82 Å². The summed E-state index contributed by atoms with van der Waals surface area (Å²) in [6.45, 7) is 0. The zero-order valence-electron chi connectivity index (χ0n) is 11.2. The maximum Gasteiger partial charge on any atom is 0.163 e. The fraction of sp³-hybridized carbons (Fsp3) is 0. The minimum Gasteiger partial charge on any atom is -0.339 e. The molecule has 0 bridgehead atoms. The normalized spacial score (nSPS) is 10.5. The topological polar surface area (TPSA) is 37.8 Å². The number of aromatic nitrogens is 2. The van der Waals surface area contributed by atoms with Crippen LogP contribution in [0.2, 0.25) is 10.2 Å². The van der Waals surface area contributed by atoms with Crippen LogP contribution in [-0.2, 0) is 0 Å². The van der Waals surface area contributed by atoms with Crippen LogP contribution in [0.5, 0.6) is 0 Å². The molecule has 1 heterocycles. The molecular weight excluding hydrogens is 324 g/mol. The van der Waals surface area contributed by atoms with Crippen molar-refractivity contribution in [1.82, 2.24) is 9.97 Å². The maximum absolute atomic E-state index is 13.3. The van der Waals surface area contributed by atoms with E-state index in [1.807, 2.05) is 30.3 Å². The van der Waals surface area contributed by atoms with Gasteiger partial charge in [0.2, 0.25) is 0 Å². The third-order valence-corrected chi connectivity index (χ3v) is 3.44. The molecule has 0 saturated heterocycles. The van der Waals surface area contributed by atoms with Crippen molar-refractivity contribution in [2.75, 3.05) is 5.32 Å². The van der Waals surface area contributed by atoms with Gasteiger partial charge in [0.1, 0.15) is 16.8 Å². The summed E-state index contributed by atoms with van der Waals surface area (Å²) in [5.41, 5.74) is 1.24. The number of halogens is 3. The minimum atomic E-state index is -0.393. The first-order valence-corrected chi connectivity index (χ1v) is 7.19. The second-order valence-electron chi connectivity index (χ2n) is 4.51. The zero-order valence-corrected chi connectivity index (χ0v) is 12.7. The highest BCUT2D eigenvalue weighted by molar-refractivity contribution is 6.33. The van der Waals surface area contributed by atoms with E-state index in [1.165, 1.54) is 18.2 Å². The lowest BCUT2D eigenvalue weighted by atomic mass is 10.2. The molecule has 0 amide bonds. The van der Waals surface area contributed by atoms with Gasteiger partial charge in [0, 0.05) is 11.6 Å². The highest BCUT2D eigenvalue weighted by Crippen LogP contribution is 2.27. The van der Waals surface area contributed by atoms with Gasteiger partial charge < -0.3 is 5.32 Å². The van der Waals surface area contributed by atoms with Crippen molar-refractivity contribution < 1.29 is 4.39 Å². The number of hydrogen-bond donors (Lipinski definition) is 1. The quantitative estimate of drug-likeness (QED) is 0.658. The molecular formula is C16H10Cl2FN3. The Labute approximate surface area is 136 Å². The SMILES string of the molecule is Fc1ccc(Cl)c(Nc2cc(Cl)nc(-c3ccccc3)n2)c1. The molecule has 0 unspecified atom stereocenters. The van der Waals surface area contributed by atoms with Crippen LogP contribution in [0, 0.1) is 5.82 Å². The molecule has 3 aromatic rings. The first-order valence-electron chi connectivity index (χ1n) is 6.44. The first kappa shape index (κ1) is 14.8. The van der Waals surface area contributed by atoms with Gasteiger partial charge in [0.25, 0.3) is 0 Å². The highest BCUT2D eigenvalue weighted by atomic mass is 35.5. The fourth-order valence-electron chi connectivity index (χ4n) is 1.93. The summed E-state index contributed by atoms with van der Waals surface area (Å²) in [4.78, 5) is 8.58. The van der Waals surface area contributed by atoms with E-state index in [0.717, 1.165) is 5.56 Å². The van der Waals surface area contributed by atoms with Gasteiger partial charge in [0.15, 0.2) is 5.82 Å². The van der Waals surface area contributed by atoms with Gasteiger partial charge >= 0.3 is 0 Å². The molecule has 0 aliphatic carbocycles. The molecule has 0 radical (unpaired) electrons. The summed E-state index contributed by atoms with van der Waals surface area (Å²) in [5, 5.41) is 3.62. The van der Waals surface area contributed by atoms with Crippen molar-refractivity contribution in [3.05, 3.63) is 70.6 Å². The Balaban J connectivity index is 1.98. The summed E-state index contributed by atoms with van der Waals surface area (Å²) in [6.07, 6.45) is 0. The van der Waals surface area contributed by atoms with Gasteiger partial charge in [0.05, 0.1) is 10.7 Å². The Hall–Kier alpha value is -2.17. The van der Waals surface area contributed by atoms with E-state index in [2.05, 4.69) is 15.3 Å². The molecule has 1 aromatic heterocycles. The Morgan fingerprint density at radius 3 is 2.45 bits per heavy atom. The zero-order chi connectivity index (χ0) is 15.5. The molecule has 3 rings (SSSR count). The molecule has 2 aromatic carbocycles. The van der Waals surface area contributed by atoms with E-state index in [0.29, 0.717) is 22.4 Å². The van der Waals surface area contributed by atoms with Crippen molar-refractivity contribution >= 4 is 34.7 Å². The van der Waals surface area contributed by atoms with Gasteiger partial charge in [-0.2, -0.15) is 0 Å². The van der Waals surface area contributed by atoms with Crippen LogP contribution < -0.4 is 5.32 Å². The molecule has 0 fully saturated rings. The number of rotatable bonds is 3. The van der Waals surface area contributed by atoms with Crippen LogP contribution in [0.4, 0.5) is 15.9 Å². The van der Waals surface area contributed by atoms with Gasteiger partial charge in [-0.25, -0.2) is 14.4 Å². The van der Waals surface area contributed by atoms with Gasteiger partial charge in [-0.1, -0.05) is 53.5 Å². The van der Waals surface area contributed by atoms with E-state index in [1.54, 1.807) is 6.07 Å². The van der Waals surface area contributed by atoms with Crippen LogP contribution in [0.1, 0.15) is 0 Å². The monoisotopic (exact) mass is 333 g/mol. The van der Waals surface area contributed by atoms with Crippen LogP contribution >= 0.6 is 23.2 Å². The molecule has 0 spiro atoms. The predicted octanol–water partition coefficient (Wildman–Crippen LogP) is 5.33. The number of hydrogen-bond acceptors (Lipinski definition) is 3. The third-order valence-electron chi connectivity index (χ3n) is 2.92. The first-order chi connectivity index (χ1) is 10.6. The molecule has 22 heavy (non-hydrogen) atoms. The highest BCUT2D eigenvalue weighted by Gasteiger charge is 2.08. The lowest BCUT2D eigenvalue weighted by molar-refractivity contribution is 0.628. The van der Waals surface area contributed by atoms with Gasteiger partial charge in [-0.15, -0.1) is 0 Å². The molecule has 0 atom stereocenters. The molecule has 0 aliphatic rings. The van der Waals surface area contributed by atoms with Gasteiger partial charge in [-0.3, -0.25) is 0 Å². The smallest absolute Gasteiger partial charge is 0.163 e. The average Bonchev–Trinajstić information content (AvgIpc) is 2.51. The summed E-state index contributed by atoms with van der Waals surface area (Å²) in [7, 11) is 0. The third kappa shape index (κ3) is 3.35. The Bertz CT molecular complexity index is 810. The second kappa shape index (κ2) is 6.30. The van der Waals surface area contributed by atoms with Gasteiger partial charge in [-0.05, 0) is 18.2 Å². The Morgan fingerprint density at radius 2 is 1.68 bits per heavy atom. The average molecular weight is 334 g/mol. The van der Waals surface area contributed by atoms with Crippen LogP contribution in [0.25, 0.3) is 11.4 Å². The van der Waals surface area contributed by atoms with Crippen molar-refractivity contribution in [3.8, 4) is 11.4 Å². The lowest BCUT2D eigenvalue weighted by Crippen LogP contribution is -1.98. The molecule has 0 aliphatic heterocycles. The number of benzene rings is 2. The molecule has 3 nitrogen and oxygen atoms in total. The maximum atomic E-state index is 13.3. The van der Waals surface area contributed by atoms with E-state index in [9.17, 15) is 4.39 Å². The van der Waals surface area contributed by atoms with Crippen LogP contribution in [0.3, 0.4) is 0 Å². The molecule has 110 valence electrons.